The number of aromatic nitrogens is 3. The summed E-state index contributed by atoms with van der Waals surface area (Å²) in [6.45, 7) is 6.50. The maximum atomic E-state index is 13.3. The molecule has 6 heteroatoms. The normalized spacial score (nSPS) is 21.7. The van der Waals surface area contributed by atoms with Crippen LogP contribution in [0.15, 0.2) is 24.3 Å². The monoisotopic (exact) mass is 365 g/mol. The summed E-state index contributed by atoms with van der Waals surface area (Å²) in [6, 6.07) is 8.49. The molecule has 0 radical (unpaired) electrons. The maximum absolute atomic E-state index is 13.3. The molecule has 0 atom stereocenters. The molecule has 6 nitrogen and oxygen atoms in total. The summed E-state index contributed by atoms with van der Waals surface area (Å²) in [5.41, 5.74) is 2.18. The summed E-state index contributed by atoms with van der Waals surface area (Å²) >= 11 is 0. The van der Waals surface area contributed by atoms with Crippen molar-refractivity contribution < 1.29 is 4.79 Å². The van der Waals surface area contributed by atoms with E-state index in [0.717, 1.165) is 70.1 Å². The number of benzene rings is 1. The van der Waals surface area contributed by atoms with Crippen LogP contribution in [0.3, 0.4) is 0 Å². The van der Waals surface area contributed by atoms with Crippen molar-refractivity contribution in [2.45, 2.75) is 57.0 Å². The predicted molar refractivity (Wildman–Crippen MR) is 102 cm³/mol. The van der Waals surface area contributed by atoms with Crippen molar-refractivity contribution in [2.24, 2.45) is 0 Å². The highest BCUT2D eigenvalue weighted by molar-refractivity contribution is 5.91. The van der Waals surface area contributed by atoms with Crippen LogP contribution in [0, 0.1) is 6.92 Å². The number of fused-ring (bicyclic) bond motifs is 1. The van der Waals surface area contributed by atoms with E-state index < -0.39 is 0 Å². The van der Waals surface area contributed by atoms with E-state index in [-0.39, 0.29) is 5.41 Å². The van der Waals surface area contributed by atoms with Gasteiger partial charge in [-0.25, -0.2) is 0 Å². The number of aryl methyl sites for hydroxylation is 1. The van der Waals surface area contributed by atoms with Gasteiger partial charge in [0.2, 0.25) is 5.91 Å². The van der Waals surface area contributed by atoms with Crippen LogP contribution in [0.4, 0.5) is 0 Å². The molecule has 1 N–H and O–H groups in total. The fraction of sp³-hybridized carbons (Fsp3) is 0.571. The lowest BCUT2D eigenvalue weighted by Gasteiger charge is -2.34. The first kappa shape index (κ1) is 16.9. The fourth-order valence-corrected chi connectivity index (χ4v) is 4.75. The first-order chi connectivity index (χ1) is 13.2. The molecule has 142 valence electrons. The first-order valence-corrected chi connectivity index (χ1v) is 10.2. The molecule has 0 unspecified atom stereocenters. The van der Waals surface area contributed by atoms with Gasteiger partial charge in [-0.05, 0) is 38.2 Å². The van der Waals surface area contributed by atoms with Crippen molar-refractivity contribution in [2.75, 3.05) is 19.6 Å². The van der Waals surface area contributed by atoms with Gasteiger partial charge in [-0.15, -0.1) is 10.2 Å². The van der Waals surface area contributed by atoms with Crippen LogP contribution in [-0.4, -0.2) is 45.2 Å². The number of hydrogen-bond donors (Lipinski definition) is 1. The number of carbonyl (C=O) groups excluding carboxylic acids is 1. The lowest BCUT2D eigenvalue weighted by atomic mass is 9.90. The molecule has 1 aromatic carbocycles. The van der Waals surface area contributed by atoms with Crippen LogP contribution in [-0.2, 0) is 23.3 Å². The van der Waals surface area contributed by atoms with Gasteiger partial charge < -0.3 is 14.8 Å². The SMILES string of the molecule is Cc1cccc(C2(C(=O)N3CCC(c4nnc5n4CCNC5)CC3)CC2)c1. The molecule has 1 saturated heterocycles. The van der Waals surface area contributed by atoms with Gasteiger partial charge in [0.1, 0.15) is 11.6 Å². The Bertz CT molecular complexity index is 861. The Morgan fingerprint density at radius 3 is 2.74 bits per heavy atom. The van der Waals surface area contributed by atoms with Crippen LogP contribution < -0.4 is 5.32 Å². The molecule has 3 heterocycles. The molecule has 2 fully saturated rings. The minimum atomic E-state index is -0.251. The molecule has 1 amide bonds. The number of carbonyl (C=O) groups is 1. The molecule has 2 aliphatic heterocycles. The number of likely N-dealkylation sites (tertiary alicyclic amines) is 1. The lowest BCUT2D eigenvalue weighted by molar-refractivity contribution is -0.135. The van der Waals surface area contributed by atoms with Crippen LogP contribution in [0.5, 0.6) is 0 Å². The van der Waals surface area contributed by atoms with E-state index in [4.69, 9.17) is 0 Å². The second kappa shape index (κ2) is 6.44. The van der Waals surface area contributed by atoms with Gasteiger partial charge in [0.25, 0.3) is 0 Å². The Balaban J connectivity index is 1.28. The third-order valence-electron chi connectivity index (χ3n) is 6.53. The molecule has 1 aromatic heterocycles. The average molecular weight is 365 g/mol. The molecular weight excluding hydrogens is 338 g/mol. The zero-order chi connectivity index (χ0) is 18.4. The summed E-state index contributed by atoms with van der Waals surface area (Å²) in [5, 5.41) is 12.2. The first-order valence-electron chi connectivity index (χ1n) is 10.2. The molecular formula is C21H27N5O. The Morgan fingerprint density at radius 2 is 2.00 bits per heavy atom. The van der Waals surface area contributed by atoms with Gasteiger partial charge >= 0.3 is 0 Å². The topological polar surface area (TPSA) is 63.1 Å². The zero-order valence-corrected chi connectivity index (χ0v) is 15.9. The highest BCUT2D eigenvalue weighted by Gasteiger charge is 2.53. The summed E-state index contributed by atoms with van der Waals surface area (Å²) in [5.74, 6) is 2.92. The van der Waals surface area contributed by atoms with Crippen molar-refractivity contribution in [3.63, 3.8) is 0 Å². The summed E-state index contributed by atoms with van der Waals surface area (Å²) in [7, 11) is 0. The summed E-state index contributed by atoms with van der Waals surface area (Å²) in [6.07, 6.45) is 3.95. The average Bonchev–Trinajstić information content (AvgIpc) is 3.41. The van der Waals surface area contributed by atoms with Crippen LogP contribution in [0.2, 0.25) is 0 Å². The number of amides is 1. The van der Waals surface area contributed by atoms with E-state index in [0.29, 0.717) is 11.8 Å². The Hall–Kier alpha value is -2.21. The second-order valence-electron chi connectivity index (χ2n) is 8.32. The Kier molecular flexibility index (Phi) is 4.04. The molecule has 3 aliphatic rings. The van der Waals surface area contributed by atoms with Gasteiger partial charge in [-0.3, -0.25) is 4.79 Å². The Morgan fingerprint density at radius 1 is 1.19 bits per heavy atom. The number of piperidine rings is 1. The third kappa shape index (κ3) is 2.87. The van der Waals surface area contributed by atoms with E-state index in [1.54, 1.807) is 0 Å². The van der Waals surface area contributed by atoms with Gasteiger partial charge in [0.15, 0.2) is 0 Å². The smallest absolute Gasteiger partial charge is 0.233 e. The van der Waals surface area contributed by atoms with Gasteiger partial charge in [-0.2, -0.15) is 0 Å². The van der Waals surface area contributed by atoms with Gasteiger partial charge in [0.05, 0.1) is 12.0 Å². The van der Waals surface area contributed by atoms with E-state index in [1.165, 1.54) is 11.1 Å². The van der Waals surface area contributed by atoms with E-state index >= 15 is 0 Å². The highest BCUT2D eigenvalue weighted by atomic mass is 16.2. The molecule has 0 bridgehead atoms. The van der Waals surface area contributed by atoms with Crippen molar-refractivity contribution in [1.82, 2.24) is 25.0 Å². The van der Waals surface area contributed by atoms with Crippen molar-refractivity contribution in [3.05, 3.63) is 47.0 Å². The van der Waals surface area contributed by atoms with Crippen LogP contribution in [0.25, 0.3) is 0 Å². The molecule has 0 spiro atoms. The molecule has 27 heavy (non-hydrogen) atoms. The maximum Gasteiger partial charge on any atom is 0.233 e. The predicted octanol–water partition coefficient (Wildman–Crippen LogP) is 2.13. The molecule has 2 aromatic rings. The lowest BCUT2D eigenvalue weighted by Crippen LogP contribution is -2.44. The van der Waals surface area contributed by atoms with Crippen LogP contribution >= 0.6 is 0 Å². The van der Waals surface area contributed by atoms with E-state index in [1.807, 2.05) is 0 Å². The van der Waals surface area contributed by atoms with E-state index in [2.05, 4.69) is 56.2 Å². The molecule has 1 saturated carbocycles. The van der Waals surface area contributed by atoms with Crippen LogP contribution in [0.1, 0.15) is 54.4 Å². The van der Waals surface area contributed by atoms with Gasteiger partial charge in [0, 0.05) is 32.1 Å². The Labute approximate surface area is 160 Å². The number of rotatable bonds is 3. The van der Waals surface area contributed by atoms with Crippen molar-refractivity contribution in [3.8, 4) is 0 Å². The van der Waals surface area contributed by atoms with Crippen molar-refractivity contribution >= 4 is 5.91 Å². The minimum Gasteiger partial charge on any atom is -0.342 e. The molecule has 5 rings (SSSR count). The molecule has 1 aliphatic carbocycles. The fourth-order valence-electron chi connectivity index (χ4n) is 4.75. The quantitative estimate of drug-likeness (QED) is 0.905. The van der Waals surface area contributed by atoms with Crippen molar-refractivity contribution in [1.29, 1.82) is 0 Å². The minimum absolute atomic E-state index is 0.251. The van der Waals surface area contributed by atoms with E-state index in [9.17, 15) is 4.79 Å². The third-order valence-corrected chi connectivity index (χ3v) is 6.53. The van der Waals surface area contributed by atoms with Gasteiger partial charge in [-0.1, -0.05) is 29.8 Å². The largest absolute Gasteiger partial charge is 0.342 e. The second-order valence-corrected chi connectivity index (χ2v) is 8.32. The summed E-state index contributed by atoms with van der Waals surface area (Å²) < 4.78 is 2.29. The number of hydrogen-bond acceptors (Lipinski definition) is 4. The zero-order valence-electron chi connectivity index (χ0n) is 15.9. The number of nitrogens with zero attached hydrogens (tertiary/aromatic N) is 4. The summed E-state index contributed by atoms with van der Waals surface area (Å²) in [4.78, 5) is 15.4. The highest BCUT2D eigenvalue weighted by Crippen LogP contribution is 2.50. The standard InChI is InChI=1S/C21H27N5O/c1-15-3-2-4-17(13-15)21(7-8-21)20(27)25-10-5-16(6-11-25)19-24-23-18-14-22-9-12-26(18)19/h2-4,13,16,22H,5-12,14H2,1H3. The number of nitrogens with one attached hydrogen (secondary N) is 1.